The predicted octanol–water partition coefficient (Wildman–Crippen LogP) is 3.03. The summed E-state index contributed by atoms with van der Waals surface area (Å²) in [5.74, 6) is 0.811. The van der Waals surface area contributed by atoms with E-state index in [0.717, 1.165) is 0 Å². The SMILES string of the molecule is NCc1nccnc1Oc1ccc(Cl)cc1Cl. The highest BCUT2D eigenvalue weighted by Gasteiger charge is 2.09. The van der Waals surface area contributed by atoms with Crippen molar-refractivity contribution >= 4 is 23.2 Å². The first kappa shape index (κ1) is 12.1. The minimum atomic E-state index is 0.244. The van der Waals surface area contributed by atoms with Crippen molar-refractivity contribution in [3.8, 4) is 11.6 Å². The van der Waals surface area contributed by atoms with Crippen LogP contribution in [0, 0.1) is 0 Å². The number of hydrogen-bond acceptors (Lipinski definition) is 4. The smallest absolute Gasteiger partial charge is 0.242 e. The molecule has 1 heterocycles. The fourth-order valence-corrected chi connectivity index (χ4v) is 1.69. The molecule has 1 aromatic carbocycles. The van der Waals surface area contributed by atoms with Crippen molar-refractivity contribution in [3.63, 3.8) is 0 Å². The van der Waals surface area contributed by atoms with Crippen LogP contribution in [-0.4, -0.2) is 9.97 Å². The minimum Gasteiger partial charge on any atom is -0.436 e. The molecule has 17 heavy (non-hydrogen) atoms. The first-order valence-electron chi connectivity index (χ1n) is 4.83. The van der Waals surface area contributed by atoms with Crippen LogP contribution in [0.1, 0.15) is 5.69 Å². The minimum absolute atomic E-state index is 0.244. The standard InChI is InChI=1S/C11H9Cl2N3O/c12-7-1-2-10(8(13)5-7)17-11-9(6-14)15-3-4-16-11/h1-5H,6,14H2. The Labute approximate surface area is 108 Å². The number of benzene rings is 1. The van der Waals surface area contributed by atoms with E-state index in [1.807, 2.05) is 0 Å². The first-order valence-corrected chi connectivity index (χ1v) is 5.59. The van der Waals surface area contributed by atoms with Gasteiger partial charge in [0.05, 0.1) is 5.02 Å². The van der Waals surface area contributed by atoms with Crippen molar-refractivity contribution in [1.29, 1.82) is 0 Å². The third-order valence-corrected chi connectivity index (χ3v) is 2.56. The molecule has 0 bridgehead atoms. The van der Waals surface area contributed by atoms with E-state index in [4.69, 9.17) is 33.7 Å². The van der Waals surface area contributed by atoms with Gasteiger partial charge in [0.15, 0.2) is 0 Å². The molecule has 0 saturated carbocycles. The molecular formula is C11H9Cl2N3O. The second-order valence-electron chi connectivity index (χ2n) is 3.19. The van der Waals surface area contributed by atoms with E-state index in [1.54, 1.807) is 24.4 Å². The van der Waals surface area contributed by atoms with Crippen molar-refractivity contribution in [2.75, 3.05) is 0 Å². The number of aromatic nitrogens is 2. The van der Waals surface area contributed by atoms with Crippen molar-refractivity contribution in [1.82, 2.24) is 9.97 Å². The predicted molar refractivity (Wildman–Crippen MR) is 66.5 cm³/mol. The second kappa shape index (κ2) is 5.31. The molecule has 1 aromatic heterocycles. The highest BCUT2D eigenvalue weighted by molar-refractivity contribution is 6.35. The van der Waals surface area contributed by atoms with Gasteiger partial charge in [-0.1, -0.05) is 23.2 Å². The molecule has 4 nitrogen and oxygen atoms in total. The van der Waals surface area contributed by atoms with Crippen molar-refractivity contribution < 1.29 is 4.74 Å². The maximum Gasteiger partial charge on any atom is 0.242 e. The molecule has 0 aliphatic rings. The van der Waals surface area contributed by atoms with Crippen molar-refractivity contribution in [2.45, 2.75) is 6.54 Å². The number of rotatable bonds is 3. The molecule has 6 heteroatoms. The molecule has 0 radical (unpaired) electrons. The van der Waals surface area contributed by atoms with Crippen LogP contribution >= 0.6 is 23.2 Å². The van der Waals surface area contributed by atoms with Crippen LogP contribution in [0.15, 0.2) is 30.6 Å². The number of nitrogens with two attached hydrogens (primary N) is 1. The van der Waals surface area contributed by atoms with Gasteiger partial charge in [-0.15, -0.1) is 0 Å². The number of hydrogen-bond donors (Lipinski definition) is 1. The molecule has 0 unspecified atom stereocenters. The summed E-state index contributed by atoms with van der Waals surface area (Å²) in [6.07, 6.45) is 3.08. The van der Waals surface area contributed by atoms with E-state index in [2.05, 4.69) is 9.97 Å². The normalized spacial score (nSPS) is 10.3. The van der Waals surface area contributed by atoms with Gasteiger partial charge in [0.2, 0.25) is 5.88 Å². The highest BCUT2D eigenvalue weighted by atomic mass is 35.5. The van der Waals surface area contributed by atoms with Crippen LogP contribution in [-0.2, 0) is 6.54 Å². The Hall–Kier alpha value is -1.36. The average molecular weight is 270 g/mol. The molecule has 2 rings (SSSR count). The number of halogens is 2. The van der Waals surface area contributed by atoms with Gasteiger partial charge in [0.25, 0.3) is 0 Å². The Morgan fingerprint density at radius 3 is 2.65 bits per heavy atom. The summed E-state index contributed by atoms with van der Waals surface area (Å²) in [6.45, 7) is 0.244. The van der Waals surface area contributed by atoms with Gasteiger partial charge < -0.3 is 10.5 Å². The molecule has 0 fully saturated rings. The molecule has 0 saturated heterocycles. The summed E-state index contributed by atoms with van der Waals surface area (Å²) in [4.78, 5) is 8.11. The van der Waals surface area contributed by atoms with Gasteiger partial charge in [-0.05, 0) is 18.2 Å². The van der Waals surface area contributed by atoms with Crippen molar-refractivity contribution in [3.05, 3.63) is 46.3 Å². The monoisotopic (exact) mass is 269 g/mol. The molecule has 0 atom stereocenters. The van der Waals surface area contributed by atoms with E-state index in [0.29, 0.717) is 27.4 Å². The van der Waals surface area contributed by atoms with E-state index < -0.39 is 0 Å². The van der Waals surface area contributed by atoms with Crippen LogP contribution in [0.3, 0.4) is 0 Å². The number of nitrogens with zero attached hydrogens (tertiary/aromatic N) is 2. The van der Waals surface area contributed by atoms with Gasteiger partial charge >= 0.3 is 0 Å². The molecule has 0 aliphatic heterocycles. The summed E-state index contributed by atoms with van der Waals surface area (Å²) in [5, 5.41) is 0.951. The van der Waals surface area contributed by atoms with Gasteiger partial charge in [0.1, 0.15) is 11.4 Å². The Morgan fingerprint density at radius 2 is 1.94 bits per heavy atom. The van der Waals surface area contributed by atoms with Gasteiger partial charge in [-0.3, -0.25) is 4.98 Å². The van der Waals surface area contributed by atoms with Crippen LogP contribution < -0.4 is 10.5 Å². The van der Waals surface area contributed by atoms with Crippen LogP contribution in [0.5, 0.6) is 11.6 Å². The lowest BCUT2D eigenvalue weighted by atomic mass is 10.3. The lowest BCUT2D eigenvalue weighted by Gasteiger charge is -2.08. The summed E-state index contributed by atoms with van der Waals surface area (Å²) in [6, 6.07) is 4.94. The second-order valence-corrected chi connectivity index (χ2v) is 4.03. The molecule has 0 aliphatic carbocycles. The highest BCUT2D eigenvalue weighted by Crippen LogP contribution is 2.31. The molecule has 88 valence electrons. The molecular weight excluding hydrogens is 261 g/mol. The topological polar surface area (TPSA) is 61.0 Å². The largest absolute Gasteiger partial charge is 0.436 e. The van der Waals surface area contributed by atoms with E-state index >= 15 is 0 Å². The van der Waals surface area contributed by atoms with Crippen LogP contribution in [0.2, 0.25) is 10.0 Å². The molecule has 2 aromatic rings. The summed E-state index contributed by atoms with van der Waals surface area (Å²) in [7, 11) is 0. The average Bonchev–Trinajstić information content (AvgIpc) is 2.33. The Kier molecular flexibility index (Phi) is 3.78. The number of ether oxygens (including phenoxy) is 1. The zero-order valence-electron chi connectivity index (χ0n) is 8.73. The quantitative estimate of drug-likeness (QED) is 0.931. The fraction of sp³-hybridized carbons (Fsp3) is 0.0909. The van der Waals surface area contributed by atoms with E-state index in [9.17, 15) is 0 Å². The van der Waals surface area contributed by atoms with Gasteiger partial charge in [-0.25, -0.2) is 4.98 Å². The van der Waals surface area contributed by atoms with E-state index in [1.165, 1.54) is 6.20 Å². The lowest BCUT2D eigenvalue weighted by Crippen LogP contribution is -2.03. The summed E-state index contributed by atoms with van der Waals surface area (Å²) in [5.41, 5.74) is 6.10. The third kappa shape index (κ3) is 2.85. The van der Waals surface area contributed by atoms with Crippen LogP contribution in [0.4, 0.5) is 0 Å². The molecule has 2 N–H and O–H groups in total. The Morgan fingerprint density at radius 1 is 1.18 bits per heavy atom. The zero-order chi connectivity index (χ0) is 12.3. The van der Waals surface area contributed by atoms with Gasteiger partial charge in [-0.2, -0.15) is 0 Å². The first-order chi connectivity index (χ1) is 8.20. The molecule has 0 spiro atoms. The van der Waals surface area contributed by atoms with Crippen molar-refractivity contribution in [2.24, 2.45) is 5.73 Å². The fourth-order valence-electron chi connectivity index (χ4n) is 1.24. The zero-order valence-corrected chi connectivity index (χ0v) is 10.2. The third-order valence-electron chi connectivity index (χ3n) is 2.03. The lowest BCUT2D eigenvalue weighted by molar-refractivity contribution is 0.452. The van der Waals surface area contributed by atoms with Crippen LogP contribution in [0.25, 0.3) is 0 Å². The summed E-state index contributed by atoms with van der Waals surface area (Å²) < 4.78 is 5.54. The maximum absolute atomic E-state index is 5.99. The Bertz CT molecular complexity index is 534. The summed E-state index contributed by atoms with van der Waals surface area (Å²) >= 11 is 11.8. The van der Waals surface area contributed by atoms with Gasteiger partial charge in [0, 0.05) is 24.0 Å². The van der Waals surface area contributed by atoms with E-state index in [-0.39, 0.29) is 6.54 Å². The maximum atomic E-state index is 5.99. The molecule has 0 amide bonds. The Balaban J connectivity index is 2.31.